The van der Waals surface area contributed by atoms with Crippen LogP contribution in [0.3, 0.4) is 0 Å². The second-order valence-electron chi connectivity index (χ2n) is 2.82. The molecule has 70 valence electrons. The molecule has 4 heteroatoms. The summed E-state index contributed by atoms with van der Waals surface area (Å²) in [5.41, 5.74) is 1.05. The van der Waals surface area contributed by atoms with E-state index in [0.717, 1.165) is 5.56 Å². The van der Waals surface area contributed by atoms with Crippen LogP contribution in [-0.2, 0) is 6.42 Å². The zero-order chi connectivity index (χ0) is 9.68. The fourth-order valence-corrected chi connectivity index (χ4v) is 0.938. The van der Waals surface area contributed by atoms with Crippen LogP contribution in [0.25, 0.3) is 0 Å². The molecule has 0 aliphatic heterocycles. The second kappa shape index (κ2) is 4.45. The van der Waals surface area contributed by atoms with E-state index < -0.39 is 6.09 Å². The summed E-state index contributed by atoms with van der Waals surface area (Å²) in [6, 6.07) is 3.78. The average Bonchev–Trinajstić information content (AvgIpc) is 2.15. The SMILES string of the molecule is CN(CCc1cccnc1)C(=O)O. The molecule has 0 aromatic carbocycles. The summed E-state index contributed by atoms with van der Waals surface area (Å²) in [4.78, 5) is 15.6. The van der Waals surface area contributed by atoms with Crippen LogP contribution in [0.5, 0.6) is 0 Å². The van der Waals surface area contributed by atoms with E-state index in [0.29, 0.717) is 13.0 Å². The van der Waals surface area contributed by atoms with Gasteiger partial charge < -0.3 is 10.0 Å². The molecule has 0 saturated heterocycles. The number of carbonyl (C=O) groups is 1. The lowest BCUT2D eigenvalue weighted by atomic mass is 10.2. The molecule has 1 aromatic rings. The fourth-order valence-electron chi connectivity index (χ4n) is 0.938. The zero-order valence-electron chi connectivity index (χ0n) is 7.47. The van der Waals surface area contributed by atoms with Gasteiger partial charge in [-0.25, -0.2) is 4.79 Å². The predicted molar refractivity (Wildman–Crippen MR) is 48.6 cm³/mol. The average molecular weight is 180 g/mol. The second-order valence-corrected chi connectivity index (χ2v) is 2.82. The Labute approximate surface area is 76.8 Å². The molecule has 0 atom stereocenters. The number of aromatic nitrogens is 1. The van der Waals surface area contributed by atoms with Gasteiger partial charge in [0.15, 0.2) is 0 Å². The number of amides is 1. The molecule has 0 radical (unpaired) electrons. The van der Waals surface area contributed by atoms with Gasteiger partial charge in [-0.05, 0) is 18.1 Å². The van der Waals surface area contributed by atoms with Gasteiger partial charge in [0.05, 0.1) is 0 Å². The van der Waals surface area contributed by atoms with Crippen LogP contribution < -0.4 is 0 Å². The van der Waals surface area contributed by atoms with Crippen LogP contribution in [0.15, 0.2) is 24.5 Å². The molecule has 0 saturated carbocycles. The minimum Gasteiger partial charge on any atom is -0.465 e. The van der Waals surface area contributed by atoms with E-state index >= 15 is 0 Å². The third-order valence-electron chi connectivity index (χ3n) is 1.79. The van der Waals surface area contributed by atoms with Crippen LogP contribution in [0.4, 0.5) is 4.79 Å². The van der Waals surface area contributed by atoms with Crippen LogP contribution in [-0.4, -0.2) is 34.7 Å². The molecule has 1 N–H and O–H groups in total. The van der Waals surface area contributed by atoms with Crippen molar-refractivity contribution in [1.29, 1.82) is 0 Å². The van der Waals surface area contributed by atoms with Crippen molar-refractivity contribution in [3.8, 4) is 0 Å². The Kier molecular flexibility index (Phi) is 3.25. The van der Waals surface area contributed by atoms with Crippen molar-refractivity contribution in [2.75, 3.05) is 13.6 Å². The highest BCUT2D eigenvalue weighted by Gasteiger charge is 2.04. The van der Waals surface area contributed by atoms with Gasteiger partial charge in [0.1, 0.15) is 0 Å². The van der Waals surface area contributed by atoms with E-state index in [9.17, 15) is 4.79 Å². The summed E-state index contributed by atoms with van der Waals surface area (Å²) >= 11 is 0. The van der Waals surface area contributed by atoms with Crippen LogP contribution in [0.2, 0.25) is 0 Å². The molecule has 4 nitrogen and oxygen atoms in total. The van der Waals surface area contributed by atoms with E-state index in [1.807, 2.05) is 12.1 Å². The highest BCUT2D eigenvalue weighted by atomic mass is 16.4. The predicted octanol–water partition coefficient (Wildman–Crippen LogP) is 1.23. The van der Waals surface area contributed by atoms with Crippen molar-refractivity contribution in [2.24, 2.45) is 0 Å². The Bertz CT molecular complexity index is 274. The molecule has 1 amide bonds. The molecule has 0 aliphatic carbocycles. The van der Waals surface area contributed by atoms with Gasteiger partial charge in [0, 0.05) is 26.0 Å². The summed E-state index contributed by atoms with van der Waals surface area (Å²) < 4.78 is 0. The van der Waals surface area contributed by atoms with Crippen molar-refractivity contribution >= 4 is 6.09 Å². The molecule has 0 unspecified atom stereocenters. The Morgan fingerprint density at radius 1 is 1.69 bits per heavy atom. The van der Waals surface area contributed by atoms with Gasteiger partial charge in [-0.1, -0.05) is 6.07 Å². The smallest absolute Gasteiger partial charge is 0.407 e. The minimum absolute atomic E-state index is 0.501. The van der Waals surface area contributed by atoms with Crippen molar-refractivity contribution in [2.45, 2.75) is 6.42 Å². The van der Waals surface area contributed by atoms with Crippen molar-refractivity contribution in [3.05, 3.63) is 30.1 Å². The molecular formula is C9H12N2O2. The Hall–Kier alpha value is -1.58. The first-order valence-electron chi connectivity index (χ1n) is 4.03. The van der Waals surface area contributed by atoms with E-state index in [1.165, 1.54) is 4.90 Å². The topological polar surface area (TPSA) is 53.4 Å². The van der Waals surface area contributed by atoms with Crippen LogP contribution in [0, 0.1) is 0 Å². The number of hydrogen-bond acceptors (Lipinski definition) is 2. The summed E-state index contributed by atoms with van der Waals surface area (Å²) in [6.07, 6.45) is 3.25. The molecule has 1 rings (SSSR count). The first kappa shape index (κ1) is 9.51. The van der Waals surface area contributed by atoms with E-state index in [1.54, 1.807) is 19.4 Å². The number of hydrogen-bond donors (Lipinski definition) is 1. The fraction of sp³-hybridized carbons (Fsp3) is 0.333. The van der Waals surface area contributed by atoms with Gasteiger partial charge in [0.25, 0.3) is 0 Å². The molecular weight excluding hydrogens is 168 g/mol. The van der Waals surface area contributed by atoms with Gasteiger partial charge in [-0.2, -0.15) is 0 Å². The number of nitrogens with zero attached hydrogens (tertiary/aromatic N) is 2. The van der Waals surface area contributed by atoms with Crippen molar-refractivity contribution in [1.82, 2.24) is 9.88 Å². The monoisotopic (exact) mass is 180 g/mol. The largest absolute Gasteiger partial charge is 0.465 e. The summed E-state index contributed by atoms with van der Waals surface area (Å²) in [6.45, 7) is 0.501. The normalized spacial score (nSPS) is 9.62. The third kappa shape index (κ3) is 3.11. The molecule has 0 spiro atoms. The maximum atomic E-state index is 10.4. The highest BCUT2D eigenvalue weighted by Crippen LogP contribution is 1.98. The van der Waals surface area contributed by atoms with E-state index in [-0.39, 0.29) is 0 Å². The lowest BCUT2D eigenvalue weighted by molar-refractivity contribution is 0.156. The van der Waals surface area contributed by atoms with E-state index in [4.69, 9.17) is 5.11 Å². The summed E-state index contributed by atoms with van der Waals surface area (Å²) in [7, 11) is 1.55. The minimum atomic E-state index is -0.899. The Morgan fingerprint density at radius 3 is 3.00 bits per heavy atom. The molecule has 1 aromatic heterocycles. The highest BCUT2D eigenvalue weighted by molar-refractivity contribution is 5.64. The van der Waals surface area contributed by atoms with Gasteiger partial charge >= 0.3 is 6.09 Å². The third-order valence-corrected chi connectivity index (χ3v) is 1.79. The Balaban J connectivity index is 2.39. The number of carboxylic acid groups (broad SMARTS) is 1. The van der Waals surface area contributed by atoms with E-state index in [2.05, 4.69) is 4.98 Å². The summed E-state index contributed by atoms with van der Waals surface area (Å²) in [5.74, 6) is 0. The molecule has 1 heterocycles. The number of rotatable bonds is 3. The lowest BCUT2D eigenvalue weighted by Gasteiger charge is -2.11. The van der Waals surface area contributed by atoms with Gasteiger partial charge in [0.2, 0.25) is 0 Å². The van der Waals surface area contributed by atoms with Crippen molar-refractivity contribution < 1.29 is 9.90 Å². The maximum absolute atomic E-state index is 10.4. The maximum Gasteiger partial charge on any atom is 0.407 e. The van der Waals surface area contributed by atoms with Gasteiger partial charge in [-0.3, -0.25) is 4.98 Å². The van der Waals surface area contributed by atoms with Gasteiger partial charge in [-0.15, -0.1) is 0 Å². The first-order chi connectivity index (χ1) is 6.20. The Morgan fingerprint density at radius 2 is 2.46 bits per heavy atom. The zero-order valence-corrected chi connectivity index (χ0v) is 7.47. The molecule has 0 fully saturated rings. The van der Waals surface area contributed by atoms with Crippen LogP contribution >= 0.6 is 0 Å². The molecule has 0 bridgehead atoms. The van der Waals surface area contributed by atoms with Crippen LogP contribution in [0.1, 0.15) is 5.56 Å². The standard InChI is InChI=1S/C9H12N2O2/c1-11(9(12)13)6-4-8-3-2-5-10-7-8/h2-3,5,7H,4,6H2,1H3,(H,12,13). The van der Waals surface area contributed by atoms with Crippen molar-refractivity contribution in [3.63, 3.8) is 0 Å². The first-order valence-corrected chi connectivity index (χ1v) is 4.03. The number of pyridine rings is 1. The molecule has 13 heavy (non-hydrogen) atoms. The quantitative estimate of drug-likeness (QED) is 0.761. The molecule has 0 aliphatic rings. The lowest BCUT2D eigenvalue weighted by Crippen LogP contribution is -2.26. The summed E-state index contributed by atoms with van der Waals surface area (Å²) in [5, 5.41) is 8.57. The number of likely N-dealkylation sites (N-methyl/N-ethyl adjacent to an activating group) is 1.